The average Bonchev–Trinajstić information content (AvgIpc) is 3.01. The first-order valence-electron chi connectivity index (χ1n) is 6.29. The van der Waals surface area contributed by atoms with Gasteiger partial charge in [-0.05, 0) is 31.4 Å². The van der Waals surface area contributed by atoms with Crippen molar-refractivity contribution < 1.29 is 19.4 Å². The fraction of sp³-hybridized carbons (Fsp3) is 0.462. The van der Waals surface area contributed by atoms with Crippen molar-refractivity contribution in [1.29, 1.82) is 0 Å². The SMILES string of the molecule is O=C(N[C@@H]1C[C@H]2CC[C@@H]1O2)c1ccc(C(=O)O)nc1. The Morgan fingerprint density at radius 2 is 2.21 bits per heavy atom. The molecule has 2 aliphatic rings. The van der Waals surface area contributed by atoms with Crippen molar-refractivity contribution >= 4 is 11.9 Å². The number of ether oxygens (including phenoxy) is 1. The third-order valence-corrected chi connectivity index (χ3v) is 3.67. The number of nitrogens with zero attached hydrogens (tertiary/aromatic N) is 1. The number of rotatable bonds is 3. The van der Waals surface area contributed by atoms with E-state index in [9.17, 15) is 9.59 Å². The molecule has 2 N–H and O–H groups in total. The van der Waals surface area contributed by atoms with Crippen LogP contribution in [-0.2, 0) is 4.74 Å². The minimum Gasteiger partial charge on any atom is -0.477 e. The van der Waals surface area contributed by atoms with E-state index in [1.165, 1.54) is 18.3 Å². The van der Waals surface area contributed by atoms with Crippen molar-refractivity contribution in [3.8, 4) is 0 Å². The van der Waals surface area contributed by atoms with E-state index < -0.39 is 5.97 Å². The maximum Gasteiger partial charge on any atom is 0.354 e. The lowest BCUT2D eigenvalue weighted by Crippen LogP contribution is -2.41. The molecule has 2 bridgehead atoms. The first-order valence-corrected chi connectivity index (χ1v) is 6.29. The third-order valence-electron chi connectivity index (χ3n) is 3.67. The Morgan fingerprint density at radius 3 is 2.74 bits per heavy atom. The van der Waals surface area contributed by atoms with E-state index in [-0.39, 0.29) is 29.9 Å². The van der Waals surface area contributed by atoms with Crippen LogP contribution in [0.15, 0.2) is 18.3 Å². The summed E-state index contributed by atoms with van der Waals surface area (Å²) >= 11 is 0. The number of carboxylic acid groups (broad SMARTS) is 1. The Hall–Kier alpha value is -1.95. The first-order chi connectivity index (χ1) is 9.13. The Balaban J connectivity index is 1.65. The molecule has 6 heteroatoms. The van der Waals surface area contributed by atoms with Crippen molar-refractivity contribution in [2.24, 2.45) is 0 Å². The number of pyridine rings is 1. The summed E-state index contributed by atoms with van der Waals surface area (Å²) in [6, 6.07) is 2.86. The van der Waals surface area contributed by atoms with Crippen LogP contribution in [0.2, 0.25) is 0 Å². The number of fused-ring (bicyclic) bond motifs is 2. The second kappa shape index (κ2) is 4.62. The molecule has 3 atom stereocenters. The van der Waals surface area contributed by atoms with Crippen LogP contribution >= 0.6 is 0 Å². The highest BCUT2D eigenvalue weighted by molar-refractivity contribution is 5.95. The van der Waals surface area contributed by atoms with Crippen LogP contribution in [-0.4, -0.2) is 40.2 Å². The lowest BCUT2D eigenvalue weighted by Gasteiger charge is -2.19. The number of carboxylic acids is 1. The van der Waals surface area contributed by atoms with Crippen molar-refractivity contribution in [3.63, 3.8) is 0 Å². The topological polar surface area (TPSA) is 88.5 Å². The van der Waals surface area contributed by atoms with E-state index in [0.29, 0.717) is 5.56 Å². The van der Waals surface area contributed by atoms with Crippen molar-refractivity contribution in [1.82, 2.24) is 10.3 Å². The van der Waals surface area contributed by atoms with Crippen LogP contribution in [0.1, 0.15) is 40.1 Å². The van der Waals surface area contributed by atoms with Gasteiger partial charge in [-0.25, -0.2) is 9.78 Å². The van der Waals surface area contributed by atoms with Gasteiger partial charge < -0.3 is 15.2 Å². The third kappa shape index (κ3) is 2.31. The highest BCUT2D eigenvalue weighted by atomic mass is 16.5. The Morgan fingerprint density at radius 1 is 1.37 bits per heavy atom. The molecule has 0 aliphatic carbocycles. The van der Waals surface area contributed by atoms with Crippen LogP contribution < -0.4 is 5.32 Å². The first kappa shape index (κ1) is 12.1. The normalized spacial score (nSPS) is 28.3. The minimum atomic E-state index is -1.10. The van der Waals surface area contributed by atoms with Gasteiger partial charge >= 0.3 is 5.97 Å². The maximum atomic E-state index is 12.0. The van der Waals surface area contributed by atoms with Gasteiger partial charge in [-0.2, -0.15) is 0 Å². The smallest absolute Gasteiger partial charge is 0.354 e. The monoisotopic (exact) mass is 262 g/mol. The van der Waals surface area contributed by atoms with Crippen LogP contribution in [0, 0.1) is 0 Å². The van der Waals surface area contributed by atoms with Crippen LogP contribution in [0.3, 0.4) is 0 Å². The number of carbonyl (C=O) groups excluding carboxylic acids is 1. The number of aromatic carboxylic acids is 1. The number of amides is 1. The zero-order chi connectivity index (χ0) is 13.4. The second-order valence-electron chi connectivity index (χ2n) is 4.93. The molecule has 1 aromatic heterocycles. The van der Waals surface area contributed by atoms with Crippen LogP contribution in [0.5, 0.6) is 0 Å². The van der Waals surface area contributed by atoms with Gasteiger partial charge in [0.05, 0.1) is 23.8 Å². The van der Waals surface area contributed by atoms with Gasteiger partial charge in [-0.1, -0.05) is 0 Å². The lowest BCUT2D eigenvalue weighted by molar-refractivity contribution is 0.0689. The molecule has 1 aromatic rings. The van der Waals surface area contributed by atoms with Gasteiger partial charge in [0.25, 0.3) is 5.91 Å². The van der Waals surface area contributed by atoms with Crippen LogP contribution in [0.25, 0.3) is 0 Å². The quantitative estimate of drug-likeness (QED) is 0.842. The van der Waals surface area contributed by atoms with Gasteiger partial charge in [0.1, 0.15) is 5.69 Å². The summed E-state index contributed by atoms with van der Waals surface area (Å²) in [4.78, 5) is 26.4. The molecule has 2 fully saturated rings. The number of nitrogens with one attached hydrogen (secondary N) is 1. The summed E-state index contributed by atoms with van der Waals surface area (Å²) in [5.41, 5.74) is 0.299. The minimum absolute atomic E-state index is 0.0606. The molecule has 2 saturated heterocycles. The summed E-state index contributed by atoms with van der Waals surface area (Å²) in [6.07, 6.45) is 4.62. The van der Waals surface area contributed by atoms with E-state index in [2.05, 4.69) is 10.3 Å². The number of aromatic nitrogens is 1. The number of hydrogen-bond donors (Lipinski definition) is 2. The standard InChI is InChI=1S/C13H14N2O4/c16-12(7-1-3-9(13(17)18)14-6-7)15-10-5-8-2-4-11(10)19-8/h1,3,6,8,10-11H,2,4-5H2,(H,15,16)(H,17,18)/t8-,10-,11+/m1/s1. The average molecular weight is 262 g/mol. The maximum absolute atomic E-state index is 12.0. The summed E-state index contributed by atoms with van der Waals surface area (Å²) in [6.45, 7) is 0. The Bertz CT molecular complexity index is 514. The van der Waals surface area contributed by atoms with Crippen LogP contribution in [0.4, 0.5) is 0 Å². The second-order valence-corrected chi connectivity index (χ2v) is 4.93. The van der Waals surface area contributed by atoms with Crippen molar-refractivity contribution in [2.45, 2.75) is 37.5 Å². The fourth-order valence-electron chi connectivity index (χ4n) is 2.70. The zero-order valence-corrected chi connectivity index (χ0v) is 10.2. The molecule has 3 heterocycles. The van der Waals surface area contributed by atoms with E-state index in [0.717, 1.165) is 19.3 Å². The molecule has 3 rings (SSSR count). The van der Waals surface area contributed by atoms with E-state index in [1.807, 2.05) is 0 Å². The molecule has 0 spiro atoms. The predicted molar refractivity (Wildman–Crippen MR) is 65.0 cm³/mol. The Labute approximate surface area is 109 Å². The molecular weight excluding hydrogens is 248 g/mol. The molecule has 2 aliphatic heterocycles. The van der Waals surface area contributed by atoms with Crippen molar-refractivity contribution in [3.05, 3.63) is 29.6 Å². The van der Waals surface area contributed by atoms with Gasteiger partial charge in [0.15, 0.2) is 0 Å². The van der Waals surface area contributed by atoms with Crippen molar-refractivity contribution in [2.75, 3.05) is 0 Å². The molecule has 19 heavy (non-hydrogen) atoms. The highest BCUT2D eigenvalue weighted by Crippen LogP contribution is 2.34. The molecule has 6 nitrogen and oxygen atoms in total. The van der Waals surface area contributed by atoms with E-state index in [4.69, 9.17) is 9.84 Å². The van der Waals surface area contributed by atoms with Gasteiger partial charge in [0.2, 0.25) is 0 Å². The lowest BCUT2D eigenvalue weighted by atomic mass is 9.95. The summed E-state index contributed by atoms with van der Waals surface area (Å²) < 4.78 is 5.66. The van der Waals surface area contributed by atoms with Gasteiger partial charge in [-0.15, -0.1) is 0 Å². The molecule has 0 radical (unpaired) electrons. The highest BCUT2D eigenvalue weighted by Gasteiger charge is 2.41. The molecule has 100 valence electrons. The fourth-order valence-corrected chi connectivity index (χ4v) is 2.70. The van der Waals surface area contributed by atoms with Gasteiger partial charge in [-0.3, -0.25) is 4.79 Å². The largest absolute Gasteiger partial charge is 0.477 e. The summed E-state index contributed by atoms with van der Waals surface area (Å²) in [7, 11) is 0. The van der Waals surface area contributed by atoms with E-state index >= 15 is 0 Å². The summed E-state index contributed by atoms with van der Waals surface area (Å²) in [5, 5.41) is 11.7. The molecule has 1 amide bonds. The molecule has 0 saturated carbocycles. The zero-order valence-electron chi connectivity index (χ0n) is 10.2. The predicted octanol–water partition coefficient (Wildman–Crippen LogP) is 0.829. The number of carbonyl (C=O) groups is 2. The van der Waals surface area contributed by atoms with Gasteiger partial charge in [0, 0.05) is 6.20 Å². The van der Waals surface area contributed by atoms with E-state index in [1.54, 1.807) is 0 Å². The molecule has 0 aromatic carbocycles. The summed E-state index contributed by atoms with van der Waals surface area (Å²) in [5.74, 6) is -1.33. The number of hydrogen-bond acceptors (Lipinski definition) is 4. The Kier molecular flexibility index (Phi) is 2.94. The molecular formula is C13H14N2O4. The molecule has 0 unspecified atom stereocenters.